The maximum Gasteiger partial charge on any atom is 0.309 e. The standard InChI is InChI=1S/C12H24N2O2/c1-4-16-12(15)10(2)8-13-9-11-6-5-7-14(11)3/h10-11,13H,4-9H2,1-3H3. The quantitative estimate of drug-likeness (QED) is 0.685. The summed E-state index contributed by atoms with van der Waals surface area (Å²) in [5.74, 6) is -0.151. The van der Waals surface area contributed by atoms with E-state index in [2.05, 4.69) is 17.3 Å². The van der Waals surface area contributed by atoms with Crippen LogP contribution in [0.25, 0.3) is 0 Å². The van der Waals surface area contributed by atoms with E-state index in [4.69, 9.17) is 4.74 Å². The lowest BCUT2D eigenvalue weighted by molar-refractivity contribution is -0.147. The minimum Gasteiger partial charge on any atom is -0.466 e. The number of carbonyl (C=O) groups is 1. The fraction of sp³-hybridized carbons (Fsp3) is 0.917. The number of nitrogens with zero attached hydrogens (tertiary/aromatic N) is 1. The maximum atomic E-state index is 11.4. The summed E-state index contributed by atoms with van der Waals surface area (Å²) in [7, 11) is 2.16. The van der Waals surface area contributed by atoms with Crippen molar-refractivity contribution in [3.63, 3.8) is 0 Å². The molecule has 0 aromatic rings. The molecule has 1 aliphatic rings. The van der Waals surface area contributed by atoms with Crippen LogP contribution < -0.4 is 5.32 Å². The molecule has 1 heterocycles. The fourth-order valence-corrected chi connectivity index (χ4v) is 2.07. The highest BCUT2D eigenvalue weighted by molar-refractivity contribution is 5.72. The summed E-state index contributed by atoms with van der Waals surface area (Å²) in [6, 6.07) is 0.634. The summed E-state index contributed by atoms with van der Waals surface area (Å²) in [6.07, 6.45) is 2.55. The van der Waals surface area contributed by atoms with Crippen molar-refractivity contribution in [3.8, 4) is 0 Å². The van der Waals surface area contributed by atoms with E-state index in [1.54, 1.807) is 0 Å². The molecule has 0 aromatic carbocycles. The number of hydrogen-bond acceptors (Lipinski definition) is 4. The Morgan fingerprint density at radius 3 is 2.94 bits per heavy atom. The molecule has 0 bridgehead atoms. The van der Waals surface area contributed by atoms with Gasteiger partial charge >= 0.3 is 5.97 Å². The van der Waals surface area contributed by atoms with Crippen molar-refractivity contribution >= 4 is 5.97 Å². The second kappa shape index (κ2) is 6.86. The summed E-state index contributed by atoms with van der Waals surface area (Å²) in [4.78, 5) is 13.7. The van der Waals surface area contributed by atoms with Gasteiger partial charge in [-0.05, 0) is 33.4 Å². The molecule has 1 aliphatic heterocycles. The number of likely N-dealkylation sites (N-methyl/N-ethyl adjacent to an activating group) is 1. The Hall–Kier alpha value is -0.610. The zero-order chi connectivity index (χ0) is 12.0. The largest absolute Gasteiger partial charge is 0.466 e. The molecule has 0 amide bonds. The molecule has 2 atom stereocenters. The predicted molar refractivity (Wildman–Crippen MR) is 64.3 cm³/mol. The normalized spacial score (nSPS) is 23.3. The molecule has 0 saturated carbocycles. The van der Waals surface area contributed by atoms with Crippen molar-refractivity contribution in [1.29, 1.82) is 0 Å². The van der Waals surface area contributed by atoms with Crippen molar-refractivity contribution in [2.24, 2.45) is 5.92 Å². The Balaban J connectivity index is 2.12. The van der Waals surface area contributed by atoms with E-state index in [1.165, 1.54) is 19.4 Å². The lowest BCUT2D eigenvalue weighted by atomic mass is 10.1. The van der Waals surface area contributed by atoms with Gasteiger partial charge in [-0.1, -0.05) is 6.92 Å². The number of esters is 1. The molecule has 0 radical (unpaired) electrons. The SMILES string of the molecule is CCOC(=O)C(C)CNCC1CCCN1C. The maximum absolute atomic E-state index is 11.4. The van der Waals surface area contributed by atoms with Crippen LogP contribution >= 0.6 is 0 Å². The molecule has 2 unspecified atom stereocenters. The average Bonchev–Trinajstić information content (AvgIpc) is 2.65. The fourth-order valence-electron chi connectivity index (χ4n) is 2.07. The summed E-state index contributed by atoms with van der Waals surface area (Å²) in [5, 5.41) is 3.35. The zero-order valence-corrected chi connectivity index (χ0v) is 10.7. The molecular weight excluding hydrogens is 204 g/mol. The van der Waals surface area contributed by atoms with Gasteiger partial charge in [-0.2, -0.15) is 0 Å². The third kappa shape index (κ3) is 4.10. The van der Waals surface area contributed by atoms with E-state index in [0.717, 1.165) is 6.54 Å². The molecule has 4 nitrogen and oxygen atoms in total. The van der Waals surface area contributed by atoms with E-state index in [1.807, 2.05) is 13.8 Å². The number of hydrogen-bond donors (Lipinski definition) is 1. The number of ether oxygens (including phenoxy) is 1. The van der Waals surface area contributed by atoms with Crippen molar-refractivity contribution in [2.45, 2.75) is 32.7 Å². The molecule has 4 heteroatoms. The first-order chi connectivity index (χ1) is 7.65. The average molecular weight is 228 g/mol. The van der Waals surface area contributed by atoms with Crippen LogP contribution in [0.5, 0.6) is 0 Å². The summed E-state index contributed by atoms with van der Waals surface area (Å²) in [5.41, 5.74) is 0. The first kappa shape index (κ1) is 13.5. The number of carbonyl (C=O) groups excluding carboxylic acids is 1. The zero-order valence-electron chi connectivity index (χ0n) is 10.7. The number of nitrogens with one attached hydrogen (secondary N) is 1. The molecule has 1 rings (SSSR count). The van der Waals surface area contributed by atoms with E-state index in [-0.39, 0.29) is 11.9 Å². The monoisotopic (exact) mass is 228 g/mol. The summed E-state index contributed by atoms with van der Waals surface area (Å²) in [6.45, 7) is 7.09. The number of likely N-dealkylation sites (tertiary alicyclic amines) is 1. The van der Waals surface area contributed by atoms with E-state index >= 15 is 0 Å². The highest BCUT2D eigenvalue weighted by atomic mass is 16.5. The van der Waals surface area contributed by atoms with Crippen LogP contribution in [0.2, 0.25) is 0 Å². The summed E-state index contributed by atoms with van der Waals surface area (Å²) < 4.78 is 4.96. The Labute approximate surface area is 98.3 Å². The second-order valence-electron chi connectivity index (χ2n) is 4.59. The van der Waals surface area contributed by atoms with Crippen molar-refractivity contribution < 1.29 is 9.53 Å². The lowest BCUT2D eigenvalue weighted by Crippen LogP contribution is -2.38. The molecule has 16 heavy (non-hydrogen) atoms. The van der Waals surface area contributed by atoms with Crippen LogP contribution in [0.4, 0.5) is 0 Å². The molecule has 1 N–H and O–H groups in total. The minimum atomic E-state index is -0.102. The van der Waals surface area contributed by atoms with Crippen LogP contribution in [0.15, 0.2) is 0 Å². The van der Waals surface area contributed by atoms with E-state index in [9.17, 15) is 4.79 Å². The molecule has 1 saturated heterocycles. The second-order valence-corrected chi connectivity index (χ2v) is 4.59. The van der Waals surface area contributed by atoms with Gasteiger partial charge in [0, 0.05) is 19.1 Å². The third-order valence-corrected chi connectivity index (χ3v) is 3.19. The van der Waals surface area contributed by atoms with Gasteiger partial charge in [0.05, 0.1) is 12.5 Å². The predicted octanol–water partition coefficient (Wildman–Crippen LogP) is 0.869. The van der Waals surface area contributed by atoms with Gasteiger partial charge < -0.3 is 15.0 Å². The highest BCUT2D eigenvalue weighted by Gasteiger charge is 2.21. The van der Waals surface area contributed by atoms with E-state index in [0.29, 0.717) is 19.2 Å². The van der Waals surface area contributed by atoms with Gasteiger partial charge in [0.15, 0.2) is 0 Å². The van der Waals surface area contributed by atoms with Gasteiger partial charge in [0.1, 0.15) is 0 Å². The van der Waals surface area contributed by atoms with Crippen molar-refractivity contribution in [1.82, 2.24) is 10.2 Å². The Morgan fingerprint density at radius 2 is 2.38 bits per heavy atom. The highest BCUT2D eigenvalue weighted by Crippen LogP contribution is 2.13. The van der Waals surface area contributed by atoms with Crippen molar-refractivity contribution in [2.75, 3.05) is 33.3 Å². The topological polar surface area (TPSA) is 41.6 Å². The van der Waals surface area contributed by atoms with Crippen LogP contribution in [-0.4, -0.2) is 50.2 Å². The summed E-state index contributed by atoms with van der Waals surface area (Å²) >= 11 is 0. The Kier molecular flexibility index (Phi) is 5.77. The van der Waals surface area contributed by atoms with Crippen molar-refractivity contribution in [3.05, 3.63) is 0 Å². The molecular formula is C12H24N2O2. The molecule has 0 aromatic heterocycles. The van der Waals surface area contributed by atoms with Crippen LogP contribution in [-0.2, 0) is 9.53 Å². The van der Waals surface area contributed by atoms with Crippen LogP contribution in [0.1, 0.15) is 26.7 Å². The minimum absolute atomic E-state index is 0.0494. The van der Waals surface area contributed by atoms with Gasteiger partial charge in [-0.25, -0.2) is 0 Å². The Bertz CT molecular complexity index is 221. The van der Waals surface area contributed by atoms with Gasteiger partial charge in [-0.3, -0.25) is 4.79 Å². The van der Waals surface area contributed by atoms with Crippen LogP contribution in [0.3, 0.4) is 0 Å². The van der Waals surface area contributed by atoms with Gasteiger partial charge in [0.2, 0.25) is 0 Å². The van der Waals surface area contributed by atoms with Gasteiger partial charge in [0.25, 0.3) is 0 Å². The molecule has 0 spiro atoms. The third-order valence-electron chi connectivity index (χ3n) is 3.19. The van der Waals surface area contributed by atoms with Crippen LogP contribution in [0, 0.1) is 5.92 Å². The molecule has 0 aliphatic carbocycles. The Morgan fingerprint density at radius 1 is 1.62 bits per heavy atom. The van der Waals surface area contributed by atoms with Gasteiger partial charge in [-0.15, -0.1) is 0 Å². The lowest BCUT2D eigenvalue weighted by Gasteiger charge is -2.20. The smallest absolute Gasteiger partial charge is 0.309 e. The first-order valence-corrected chi connectivity index (χ1v) is 6.22. The van der Waals surface area contributed by atoms with E-state index < -0.39 is 0 Å². The molecule has 94 valence electrons. The number of rotatable bonds is 6. The first-order valence-electron chi connectivity index (χ1n) is 6.22. The molecule has 1 fully saturated rings.